The predicted octanol–water partition coefficient (Wildman–Crippen LogP) is 3.22. The van der Waals surface area contributed by atoms with Crippen molar-refractivity contribution >= 4 is 28.7 Å². The minimum atomic E-state index is -0.0957. The molecule has 24 heavy (non-hydrogen) atoms. The molecule has 0 unspecified atom stereocenters. The fraction of sp³-hybridized carbons (Fsp3) is 0.529. The van der Waals surface area contributed by atoms with Crippen molar-refractivity contribution in [2.45, 2.75) is 32.9 Å². The van der Waals surface area contributed by atoms with E-state index in [1.807, 2.05) is 23.6 Å². The van der Waals surface area contributed by atoms with Crippen LogP contribution in [0.4, 0.5) is 4.79 Å². The SMILES string of the molecule is Cc1nc(CNC(=O)NCC2CCN(Cc3cccs3)CC2)cs1. The molecule has 0 atom stereocenters. The minimum Gasteiger partial charge on any atom is -0.338 e. The molecule has 3 rings (SSSR count). The van der Waals surface area contributed by atoms with Crippen LogP contribution in [0, 0.1) is 12.8 Å². The highest BCUT2D eigenvalue weighted by Gasteiger charge is 2.19. The highest BCUT2D eigenvalue weighted by Crippen LogP contribution is 2.20. The summed E-state index contributed by atoms with van der Waals surface area (Å²) in [5.41, 5.74) is 0.925. The topological polar surface area (TPSA) is 57.3 Å². The molecule has 7 heteroatoms. The molecule has 0 spiro atoms. The number of carbonyl (C=O) groups is 1. The highest BCUT2D eigenvalue weighted by molar-refractivity contribution is 7.10. The maximum absolute atomic E-state index is 11.9. The van der Waals surface area contributed by atoms with Crippen LogP contribution in [-0.2, 0) is 13.1 Å². The Hall–Kier alpha value is -1.44. The Bertz CT molecular complexity index is 633. The first-order valence-electron chi connectivity index (χ1n) is 8.36. The van der Waals surface area contributed by atoms with Crippen molar-refractivity contribution in [3.63, 3.8) is 0 Å². The molecule has 130 valence electrons. The first kappa shape index (κ1) is 17.4. The Morgan fingerprint density at radius 2 is 2.17 bits per heavy atom. The zero-order valence-electron chi connectivity index (χ0n) is 14.0. The standard InChI is InChI=1S/C17H24N4OS2/c1-13-20-15(12-24-13)10-19-17(22)18-9-14-4-6-21(7-5-14)11-16-3-2-8-23-16/h2-3,8,12,14H,4-7,9-11H2,1H3,(H2,18,19,22). The lowest BCUT2D eigenvalue weighted by Gasteiger charge is -2.31. The summed E-state index contributed by atoms with van der Waals surface area (Å²) in [6.45, 7) is 6.52. The van der Waals surface area contributed by atoms with Crippen LogP contribution in [0.5, 0.6) is 0 Å². The van der Waals surface area contributed by atoms with Gasteiger partial charge in [0.25, 0.3) is 0 Å². The van der Waals surface area contributed by atoms with E-state index in [9.17, 15) is 4.79 Å². The number of hydrogen-bond acceptors (Lipinski definition) is 5. The van der Waals surface area contributed by atoms with E-state index < -0.39 is 0 Å². The molecule has 2 amide bonds. The molecule has 2 aromatic rings. The average Bonchev–Trinajstić information content (AvgIpc) is 3.24. The Kier molecular flexibility index (Phi) is 6.23. The number of thiophene rings is 1. The molecular weight excluding hydrogens is 340 g/mol. The molecule has 2 aromatic heterocycles. The van der Waals surface area contributed by atoms with Gasteiger partial charge in [-0.3, -0.25) is 4.90 Å². The predicted molar refractivity (Wildman–Crippen MR) is 99.4 cm³/mol. The molecule has 0 radical (unpaired) electrons. The number of urea groups is 1. The van der Waals surface area contributed by atoms with Crippen molar-refractivity contribution in [2.75, 3.05) is 19.6 Å². The van der Waals surface area contributed by atoms with Crippen LogP contribution in [-0.4, -0.2) is 35.5 Å². The number of carbonyl (C=O) groups excluding carboxylic acids is 1. The summed E-state index contributed by atoms with van der Waals surface area (Å²) >= 11 is 3.43. The second-order valence-electron chi connectivity index (χ2n) is 6.22. The molecular formula is C17H24N4OS2. The van der Waals surface area contributed by atoms with Gasteiger partial charge < -0.3 is 10.6 Å². The van der Waals surface area contributed by atoms with E-state index in [4.69, 9.17) is 0 Å². The van der Waals surface area contributed by atoms with Crippen molar-refractivity contribution in [1.29, 1.82) is 0 Å². The van der Waals surface area contributed by atoms with E-state index in [0.717, 1.165) is 49.7 Å². The Balaban J connectivity index is 1.30. The van der Waals surface area contributed by atoms with Crippen LogP contribution < -0.4 is 10.6 Å². The summed E-state index contributed by atoms with van der Waals surface area (Å²) in [6, 6.07) is 4.22. The maximum atomic E-state index is 11.9. The van der Waals surface area contributed by atoms with Crippen LogP contribution in [0.15, 0.2) is 22.9 Å². The van der Waals surface area contributed by atoms with E-state index in [1.54, 1.807) is 11.3 Å². The quantitative estimate of drug-likeness (QED) is 0.827. The van der Waals surface area contributed by atoms with Gasteiger partial charge in [-0.05, 0) is 50.2 Å². The number of hydrogen-bond donors (Lipinski definition) is 2. The van der Waals surface area contributed by atoms with E-state index in [2.05, 4.69) is 38.0 Å². The minimum absolute atomic E-state index is 0.0957. The van der Waals surface area contributed by atoms with Crippen LogP contribution in [0.1, 0.15) is 28.4 Å². The summed E-state index contributed by atoms with van der Waals surface area (Å²) in [6.07, 6.45) is 2.30. The van der Waals surface area contributed by atoms with Gasteiger partial charge in [-0.1, -0.05) is 6.07 Å². The van der Waals surface area contributed by atoms with E-state index in [1.165, 1.54) is 4.88 Å². The van der Waals surface area contributed by atoms with Crippen molar-refractivity contribution in [3.05, 3.63) is 38.5 Å². The van der Waals surface area contributed by atoms with Gasteiger partial charge in [0.2, 0.25) is 0 Å². The number of amides is 2. The molecule has 0 saturated carbocycles. The largest absolute Gasteiger partial charge is 0.338 e. The first-order valence-corrected chi connectivity index (χ1v) is 10.1. The van der Waals surface area contributed by atoms with E-state index in [-0.39, 0.29) is 6.03 Å². The number of aryl methyl sites for hydroxylation is 1. The van der Waals surface area contributed by atoms with E-state index in [0.29, 0.717) is 12.5 Å². The van der Waals surface area contributed by atoms with Gasteiger partial charge in [0.05, 0.1) is 17.2 Å². The third kappa shape index (κ3) is 5.29. The zero-order chi connectivity index (χ0) is 16.8. The second kappa shape index (κ2) is 8.60. The summed E-state index contributed by atoms with van der Waals surface area (Å²) in [5, 5.41) is 11.0. The van der Waals surface area contributed by atoms with Gasteiger partial charge in [-0.15, -0.1) is 22.7 Å². The molecule has 1 aliphatic heterocycles. The fourth-order valence-electron chi connectivity index (χ4n) is 2.93. The normalized spacial score (nSPS) is 16.2. The monoisotopic (exact) mass is 364 g/mol. The van der Waals surface area contributed by atoms with Crippen molar-refractivity contribution in [2.24, 2.45) is 5.92 Å². The Labute approximate surface area is 151 Å². The van der Waals surface area contributed by atoms with Crippen molar-refractivity contribution in [1.82, 2.24) is 20.5 Å². The lowest BCUT2D eigenvalue weighted by atomic mass is 9.97. The molecule has 2 N–H and O–H groups in total. The van der Waals surface area contributed by atoms with Gasteiger partial charge in [0, 0.05) is 23.3 Å². The Morgan fingerprint density at radius 3 is 2.83 bits per heavy atom. The van der Waals surface area contributed by atoms with Gasteiger partial charge in [0.15, 0.2) is 0 Å². The summed E-state index contributed by atoms with van der Waals surface area (Å²) in [4.78, 5) is 20.2. The van der Waals surface area contributed by atoms with E-state index >= 15 is 0 Å². The van der Waals surface area contributed by atoms with Crippen LogP contribution >= 0.6 is 22.7 Å². The molecule has 1 fully saturated rings. The third-order valence-corrected chi connectivity index (χ3v) is 6.00. The number of nitrogens with one attached hydrogen (secondary N) is 2. The number of rotatable bonds is 6. The second-order valence-corrected chi connectivity index (χ2v) is 8.31. The van der Waals surface area contributed by atoms with Gasteiger partial charge >= 0.3 is 6.03 Å². The number of thiazole rings is 1. The zero-order valence-corrected chi connectivity index (χ0v) is 15.6. The highest BCUT2D eigenvalue weighted by atomic mass is 32.1. The molecule has 3 heterocycles. The fourth-order valence-corrected chi connectivity index (χ4v) is 4.29. The summed E-state index contributed by atoms with van der Waals surface area (Å²) in [7, 11) is 0. The molecule has 1 aliphatic rings. The van der Waals surface area contributed by atoms with Crippen molar-refractivity contribution in [3.8, 4) is 0 Å². The van der Waals surface area contributed by atoms with Crippen LogP contribution in [0.3, 0.4) is 0 Å². The molecule has 0 aliphatic carbocycles. The van der Waals surface area contributed by atoms with Crippen LogP contribution in [0.25, 0.3) is 0 Å². The lowest BCUT2D eigenvalue weighted by Crippen LogP contribution is -2.41. The van der Waals surface area contributed by atoms with Gasteiger partial charge in [0.1, 0.15) is 0 Å². The Morgan fingerprint density at radius 1 is 1.33 bits per heavy atom. The van der Waals surface area contributed by atoms with Gasteiger partial charge in [-0.2, -0.15) is 0 Å². The number of aromatic nitrogens is 1. The third-order valence-electron chi connectivity index (χ3n) is 4.31. The molecule has 0 aromatic carbocycles. The molecule has 5 nitrogen and oxygen atoms in total. The summed E-state index contributed by atoms with van der Waals surface area (Å²) in [5.74, 6) is 0.580. The smallest absolute Gasteiger partial charge is 0.315 e. The number of likely N-dealkylation sites (tertiary alicyclic amines) is 1. The number of piperidine rings is 1. The number of nitrogens with zero attached hydrogens (tertiary/aromatic N) is 2. The molecule has 1 saturated heterocycles. The maximum Gasteiger partial charge on any atom is 0.315 e. The molecule has 0 bridgehead atoms. The first-order chi connectivity index (χ1) is 11.7. The summed E-state index contributed by atoms with van der Waals surface area (Å²) < 4.78 is 0. The van der Waals surface area contributed by atoms with Crippen LogP contribution in [0.2, 0.25) is 0 Å². The van der Waals surface area contributed by atoms with Crippen molar-refractivity contribution < 1.29 is 4.79 Å². The van der Waals surface area contributed by atoms with Gasteiger partial charge in [-0.25, -0.2) is 9.78 Å². The lowest BCUT2D eigenvalue weighted by molar-refractivity contribution is 0.176. The average molecular weight is 365 g/mol.